The van der Waals surface area contributed by atoms with E-state index in [1.165, 1.54) is 5.56 Å². The van der Waals surface area contributed by atoms with Crippen LogP contribution in [0.3, 0.4) is 0 Å². The quantitative estimate of drug-likeness (QED) is 0.784. The summed E-state index contributed by atoms with van der Waals surface area (Å²) in [5.74, 6) is 0.510. The third-order valence-corrected chi connectivity index (χ3v) is 3.35. The van der Waals surface area contributed by atoms with E-state index >= 15 is 0 Å². The van der Waals surface area contributed by atoms with Gasteiger partial charge in [0.15, 0.2) is 5.82 Å². The average molecular weight is 285 g/mol. The second-order valence-electron chi connectivity index (χ2n) is 4.58. The van der Waals surface area contributed by atoms with Crippen LogP contribution in [0.15, 0.2) is 48.5 Å². The molecular formula is C15H13ClN4. The van der Waals surface area contributed by atoms with Gasteiger partial charge in [0.05, 0.1) is 5.69 Å². The summed E-state index contributed by atoms with van der Waals surface area (Å²) >= 11 is 5.88. The van der Waals surface area contributed by atoms with Crippen LogP contribution in [0.4, 0.5) is 5.82 Å². The molecule has 4 nitrogen and oxygen atoms in total. The Morgan fingerprint density at radius 2 is 1.65 bits per heavy atom. The van der Waals surface area contributed by atoms with Gasteiger partial charge in [0.2, 0.25) is 0 Å². The van der Waals surface area contributed by atoms with Crippen molar-refractivity contribution in [3.8, 4) is 16.9 Å². The molecule has 5 heteroatoms. The van der Waals surface area contributed by atoms with Gasteiger partial charge in [-0.1, -0.05) is 46.6 Å². The predicted octanol–water partition coefficient (Wildman–Crippen LogP) is 3.48. The van der Waals surface area contributed by atoms with Crippen molar-refractivity contribution in [1.29, 1.82) is 0 Å². The molecule has 0 amide bonds. The molecule has 100 valence electrons. The second-order valence-corrected chi connectivity index (χ2v) is 5.01. The number of nitrogens with zero attached hydrogens (tertiary/aromatic N) is 3. The van der Waals surface area contributed by atoms with Crippen molar-refractivity contribution in [3.63, 3.8) is 0 Å². The van der Waals surface area contributed by atoms with Crippen LogP contribution in [0.2, 0.25) is 5.02 Å². The highest BCUT2D eigenvalue weighted by molar-refractivity contribution is 6.30. The number of hydrogen-bond acceptors (Lipinski definition) is 3. The van der Waals surface area contributed by atoms with Gasteiger partial charge in [0.1, 0.15) is 5.69 Å². The molecule has 0 aliphatic carbocycles. The molecule has 0 aliphatic rings. The van der Waals surface area contributed by atoms with Gasteiger partial charge in [-0.05, 0) is 31.2 Å². The van der Waals surface area contributed by atoms with Crippen LogP contribution >= 0.6 is 11.6 Å². The number of anilines is 1. The molecule has 0 unspecified atom stereocenters. The van der Waals surface area contributed by atoms with E-state index in [1.807, 2.05) is 43.3 Å². The summed E-state index contributed by atoms with van der Waals surface area (Å²) in [6.45, 7) is 2.04. The van der Waals surface area contributed by atoms with E-state index in [-0.39, 0.29) is 0 Å². The van der Waals surface area contributed by atoms with Gasteiger partial charge < -0.3 is 5.73 Å². The first-order chi connectivity index (χ1) is 9.65. The fourth-order valence-corrected chi connectivity index (χ4v) is 2.11. The third-order valence-electron chi connectivity index (χ3n) is 3.10. The Labute approximate surface area is 121 Å². The van der Waals surface area contributed by atoms with Crippen molar-refractivity contribution < 1.29 is 0 Å². The average Bonchev–Trinajstić information content (AvgIpc) is 2.83. The molecule has 0 spiro atoms. The number of nitrogens with two attached hydrogens (primary N) is 1. The van der Waals surface area contributed by atoms with Crippen molar-refractivity contribution >= 4 is 17.4 Å². The van der Waals surface area contributed by atoms with E-state index in [2.05, 4.69) is 10.3 Å². The monoisotopic (exact) mass is 284 g/mol. The molecular weight excluding hydrogens is 272 g/mol. The van der Waals surface area contributed by atoms with Gasteiger partial charge in [0, 0.05) is 10.6 Å². The lowest BCUT2D eigenvalue weighted by molar-refractivity contribution is 0.810. The second kappa shape index (κ2) is 4.98. The maximum Gasteiger partial charge on any atom is 0.155 e. The SMILES string of the molecule is Cc1ccc(-n2nnc(-c3ccc(Cl)cc3)c2N)cc1. The zero-order valence-electron chi connectivity index (χ0n) is 10.9. The Hall–Kier alpha value is -2.33. The molecule has 0 atom stereocenters. The molecule has 3 rings (SSSR count). The van der Waals surface area contributed by atoms with Crippen LogP contribution in [-0.2, 0) is 0 Å². The van der Waals surface area contributed by atoms with Crippen LogP contribution < -0.4 is 5.73 Å². The highest BCUT2D eigenvalue weighted by atomic mass is 35.5. The fourth-order valence-electron chi connectivity index (χ4n) is 1.98. The summed E-state index contributed by atoms with van der Waals surface area (Å²) < 4.78 is 1.63. The molecule has 0 saturated carbocycles. The standard InChI is InChI=1S/C15H13ClN4/c1-10-2-8-13(9-3-10)20-15(17)14(18-19-20)11-4-6-12(16)7-5-11/h2-9H,17H2,1H3. The first-order valence-corrected chi connectivity index (χ1v) is 6.57. The zero-order valence-corrected chi connectivity index (χ0v) is 11.7. The van der Waals surface area contributed by atoms with Crippen LogP contribution in [0.1, 0.15) is 5.56 Å². The number of aryl methyl sites for hydroxylation is 1. The molecule has 0 bridgehead atoms. The Kier molecular flexibility index (Phi) is 3.16. The number of nitrogen functional groups attached to an aromatic ring is 1. The zero-order chi connectivity index (χ0) is 14.1. The molecule has 1 heterocycles. The van der Waals surface area contributed by atoms with Crippen LogP contribution in [-0.4, -0.2) is 15.0 Å². The summed E-state index contributed by atoms with van der Waals surface area (Å²) in [5, 5.41) is 8.96. The molecule has 2 aromatic carbocycles. The number of rotatable bonds is 2. The molecule has 0 saturated heterocycles. The van der Waals surface area contributed by atoms with Gasteiger partial charge in [-0.3, -0.25) is 0 Å². The third kappa shape index (κ3) is 2.26. The van der Waals surface area contributed by atoms with Gasteiger partial charge in [-0.15, -0.1) is 5.10 Å². The lowest BCUT2D eigenvalue weighted by atomic mass is 10.1. The van der Waals surface area contributed by atoms with Crippen LogP contribution in [0.25, 0.3) is 16.9 Å². The van der Waals surface area contributed by atoms with Crippen molar-refractivity contribution in [2.75, 3.05) is 5.73 Å². The fraction of sp³-hybridized carbons (Fsp3) is 0.0667. The first-order valence-electron chi connectivity index (χ1n) is 6.19. The Morgan fingerprint density at radius 1 is 1.00 bits per heavy atom. The summed E-state index contributed by atoms with van der Waals surface area (Å²) in [6, 6.07) is 15.3. The van der Waals surface area contributed by atoms with E-state index < -0.39 is 0 Å². The van der Waals surface area contributed by atoms with Gasteiger partial charge in [0.25, 0.3) is 0 Å². The van der Waals surface area contributed by atoms with Gasteiger partial charge >= 0.3 is 0 Å². The summed E-state index contributed by atoms with van der Waals surface area (Å²) in [4.78, 5) is 0. The number of aromatic nitrogens is 3. The van der Waals surface area contributed by atoms with E-state index in [1.54, 1.807) is 16.8 Å². The first kappa shape index (κ1) is 12.7. The molecule has 0 fully saturated rings. The maximum absolute atomic E-state index is 6.15. The smallest absolute Gasteiger partial charge is 0.155 e. The van der Waals surface area contributed by atoms with E-state index in [0.717, 1.165) is 11.3 Å². The molecule has 20 heavy (non-hydrogen) atoms. The van der Waals surface area contributed by atoms with Crippen molar-refractivity contribution in [3.05, 3.63) is 59.1 Å². The van der Waals surface area contributed by atoms with Crippen molar-refractivity contribution in [2.45, 2.75) is 6.92 Å². The largest absolute Gasteiger partial charge is 0.382 e. The topological polar surface area (TPSA) is 56.7 Å². The summed E-state index contributed by atoms with van der Waals surface area (Å²) in [5.41, 5.74) is 9.77. The van der Waals surface area contributed by atoms with Crippen molar-refractivity contribution in [1.82, 2.24) is 15.0 Å². The predicted molar refractivity (Wildman–Crippen MR) is 81.0 cm³/mol. The Morgan fingerprint density at radius 3 is 2.30 bits per heavy atom. The minimum atomic E-state index is 0.510. The van der Waals surface area contributed by atoms with E-state index in [0.29, 0.717) is 16.5 Å². The van der Waals surface area contributed by atoms with E-state index in [4.69, 9.17) is 17.3 Å². The molecule has 3 aromatic rings. The highest BCUT2D eigenvalue weighted by Gasteiger charge is 2.12. The minimum Gasteiger partial charge on any atom is -0.382 e. The van der Waals surface area contributed by atoms with E-state index in [9.17, 15) is 0 Å². The lowest BCUT2D eigenvalue weighted by Crippen LogP contribution is -2.02. The molecule has 2 N–H and O–H groups in total. The maximum atomic E-state index is 6.15. The lowest BCUT2D eigenvalue weighted by Gasteiger charge is -2.04. The Balaban J connectivity index is 2.04. The summed E-state index contributed by atoms with van der Waals surface area (Å²) in [7, 11) is 0. The van der Waals surface area contributed by atoms with Crippen LogP contribution in [0.5, 0.6) is 0 Å². The van der Waals surface area contributed by atoms with Crippen LogP contribution in [0, 0.1) is 6.92 Å². The number of halogens is 1. The summed E-state index contributed by atoms with van der Waals surface area (Å²) in [6.07, 6.45) is 0. The molecule has 1 aromatic heterocycles. The number of hydrogen-bond donors (Lipinski definition) is 1. The normalized spacial score (nSPS) is 10.7. The van der Waals surface area contributed by atoms with Crippen molar-refractivity contribution in [2.24, 2.45) is 0 Å². The highest BCUT2D eigenvalue weighted by Crippen LogP contribution is 2.26. The molecule has 0 aliphatic heterocycles. The van der Waals surface area contributed by atoms with Gasteiger partial charge in [-0.25, -0.2) is 0 Å². The minimum absolute atomic E-state index is 0.510. The Bertz CT molecular complexity index is 667. The van der Waals surface area contributed by atoms with Gasteiger partial charge in [-0.2, -0.15) is 4.68 Å². The molecule has 0 radical (unpaired) electrons. The number of benzene rings is 2.